The van der Waals surface area contributed by atoms with Crippen LogP contribution in [0.1, 0.15) is 25.7 Å². The summed E-state index contributed by atoms with van der Waals surface area (Å²) in [5.74, 6) is 0.248. The van der Waals surface area contributed by atoms with E-state index in [2.05, 4.69) is 9.80 Å². The smallest absolute Gasteiger partial charge is 0.244 e. The molecule has 0 unspecified atom stereocenters. The first-order chi connectivity index (χ1) is 11.8. The molecule has 1 atom stereocenters. The first kappa shape index (κ1) is 17.4. The molecule has 2 saturated heterocycles. The Balaban J connectivity index is 1.46. The molecule has 2 aliphatic rings. The van der Waals surface area contributed by atoms with Gasteiger partial charge in [0, 0.05) is 38.4 Å². The minimum absolute atomic E-state index is 0.0406. The molecule has 0 spiro atoms. The minimum Gasteiger partial charge on any atom is -0.311 e. The summed E-state index contributed by atoms with van der Waals surface area (Å²) in [7, 11) is 0. The molecule has 0 aliphatic carbocycles. The number of unbranched alkanes of at least 4 members (excludes halogenated alkanes) is 2. The standard InChI is InChI=1S/C19H28FN3O/c20-10-5-2-6-11-21-13-15-22(16-14-21)18-9-12-23(19(18)24)17-7-3-1-4-8-17/h1,3-4,7-8,18H,2,5-6,9-16H2/t18-/m1/s1. The third-order valence-corrected chi connectivity index (χ3v) is 5.20. The second-order valence-corrected chi connectivity index (χ2v) is 6.76. The van der Waals surface area contributed by atoms with Gasteiger partial charge in [0.1, 0.15) is 0 Å². The lowest BCUT2D eigenvalue weighted by atomic mass is 10.1. The number of amides is 1. The molecule has 1 aromatic carbocycles. The van der Waals surface area contributed by atoms with Crippen molar-refractivity contribution in [1.29, 1.82) is 0 Å². The minimum atomic E-state index is -0.199. The third kappa shape index (κ3) is 4.14. The van der Waals surface area contributed by atoms with Gasteiger partial charge in [0.05, 0.1) is 12.7 Å². The van der Waals surface area contributed by atoms with Gasteiger partial charge in [0.2, 0.25) is 5.91 Å². The zero-order chi connectivity index (χ0) is 16.8. The molecule has 1 amide bonds. The maximum absolute atomic E-state index is 12.8. The predicted molar refractivity (Wildman–Crippen MR) is 95.0 cm³/mol. The van der Waals surface area contributed by atoms with Crippen LogP contribution in [-0.2, 0) is 4.79 Å². The van der Waals surface area contributed by atoms with Crippen molar-refractivity contribution in [1.82, 2.24) is 9.80 Å². The topological polar surface area (TPSA) is 26.8 Å². The molecule has 3 rings (SSSR count). The molecule has 2 heterocycles. The van der Waals surface area contributed by atoms with Crippen molar-refractivity contribution in [2.75, 3.05) is 50.8 Å². The van der Waals surface area contributed by atoms with Crippen molar-refractivity contribution in [3.8, 4) is 0 Å². The van der Waals surface area contributed by atoms with Crippen LogP contribution in [0.25, 0.3) is 0 Å². The van der Waals surface area contributed by atoms with Crippen molar-refractivity contribution in [3.05, 3.63) is 30.3 Å². The van der Waals surface area contributed by atoms with E-state index in [-0.39, 0.29) is 18.6 Å². The van der Waals surface area contributed by atoms with E-state index in [1.54, 1.807) is 0 Å². The summed E-state index contributed by atoms with van der Waals surface area (Å²) in [6, 6.07) is 10.0. The molecule has 0 radical (unpaired) electrons. The number of anilines is 1. The molecule has 0 bridgehead atoms. The molecule has 2 aliphatic heterocycles. The van der Waals surface area contributed by atoms with Crippen LogP contribution in [0, 0.1) is 0 Å². The Morgan fingerprint density at radius 3 is 2.42 bits per heavy atom. The number of para-hydroxylation sites is 1. The average molecular weight is 333 g/mol. The van der Waals surface area contributed by atoms with Gasteiger partial charge in [0.25, 0.3) is 0 Å². The molecular formula is C19H28FN3O. The maximum atomic E-state index is 12.8. The van der Waals surface area contributed by atoms with Gasteiger partial charge in [-0.25, -0.2) is 0 Å². The third-order valence-electron chi connectivity index (χ3n) is 5.20. The highest BCUT2D eigenvalue weighted by molar-refractivity contribution is 5.99. The van der Waals surface area contributed by atoms with E-state index in [9.17, 15) is 9.18 Å². The van der Waals surface area contributed by atoms with E-state index < -0.39 is 0 Å². The monoisotopic (exact) mass is 333 g/mol. The van der Waals surface area contributed by atoms with Crippen LogP contribution >= 0.6 is 0 Å². The maximum Gasteiger partial charge on any atom is 0.244 e. The summed E-state index contributed by atoms with van der Waals surface area (Å²) in [5.41, 5.74) is 1.01. The second kappa shape index (κ2) is 8.58. The van der Waals surface area contributed by atoms with E-state index >= 15 is 0 Å². The molecule has 132 valence electrons. The molecule has 4 nitrogen and oxygen atoms in total. The van der Waals surface area contributed by atoms with E-state index in [1.165, 1.54) is 0 Å². The Labute approximate surface area is 144 Å². The molecule has 0 N–H and O–H groups in total. The largest absolute Gasteiger partial charge is 0.311 e. The summed E-state index contributed by atoms with van der Waals surface area (Å²) < 4.78 is 12.1. The Hall–Kier alpha value is -1.46. The SMILES string of the molecule is O=C1[C@H](N2CCN(CCCCCF)CC2)CCN1c1ccccc1. The number of hydrogen-bond acceptors (Lipinski definition) is 3. The number of piperazine rings is 1. The van der Waals surface area contributed by atoms with Gasteiger partial charge in [-0.2, -0.15) is 0 Å². The summed E-state index contributed by atoms with van der Waals surface area (Å²) in [6.07, 6.45) is 3.66. The van der Waals surface area contributed by atoms with Gasteiger partial charge in [-0.15, -0.1) is 0 Å². The Bertz CT molecular complexity index is 517. The fourth-order valence-electron chi connectivity index (χ4n) is 3.77. The van der Waals surface area contributed by atoms with Crippen LogP contribution < -0.4 is 4.90 Å². The Morgan fingerprint density at radius 1 is 0.958 bits per heavy atom. The van der Waals surface area contributed by atoms with E-state index in [4.69, 9.17) is 0 Å². The van der Waals surface area contributed by atoms with Crippen LogP contribution in [0.2, 0.25) is 0 Å². The highest BCUT2D eigenvalue weighted by Crippen LogP contribution is 2.24. The molecule has 2 fully saturated rings. The van der Waals surface area contributed by atoms with Crippen molar-refractivity contribution in [2.24, 2.45) is 0 Å². The number of nitrogens with zero attached hydrogens (tertiary/aromatic N) is 3. The first-order valence-corrected chi connectivity index (χ1v) is 9.18. The fourth-order valence-corrected chi connectivity index (χ4v) is 3.77. The summed E-state index contributed by atoms with van der Waals surface area (Å²) in [6.45, 7) is 5.63. The number of rotatable bonds is 7. The average Bonchev–Trinajstić information content (AvgIpc) is 3.01. The van der Waals surface area contributed by atoms with Gasteiger partial charge < -0.3 is 9.80 Å². The lowest BCUT2D eigenvalue weighted by molar-refractivity contribution is -0.122. The number of carbonyl (C=O) groups excluding carboxylic acids is 1. The lowest BCUT2D eigenvalue weighted by Gasteiger charge is -2.37. The van der Waals surface area contributed by atoms with Gasteiger partial charge in [-0.1, -0.05) is 18.2 Å². The van der Waals surface area contributed by atoms with Gasteiger partial charge in [0.15, 0.2) is 0 Å². The highest BCUT2D eigenvalue weighted by Gasteiger charge is 2.37. The number of benzene rings is 1. The zero-order valence-electron chi connectivity index (χ0n) is 14.4. The summed E-state index contributed by atoms with van der Waals surface area (Å²) in [5, 5.41) is 0. The van der Waals surface area contributed by atoms with E-state index in [0.717, 1.165) is 64.2 Å². The number of hydrogen-bond donors (Lipinski definition) is 0. The number of alkyl halides is 1. The molecule has 24 heavy (non-hydrogen) atoms. The summed E-state index contributed by atoms with van der Waals surface area (Å²) in [4.78, 5) is 19.5. The van der Waals surface area contributed by atoms with Crippen molar-refractivity contribution >= 4 is 11.6 Å². The zero-order valence-corrected chi connectivity index (χ0v) is 14.4. The molecular weight excluding hydrogens is 305 g/mol. The van der Waals surface area contributed by atoms with Crippen LogP contribution in [0.3, 0.4) is 0 Å². The first-order valence-electron chi connectivity index (χ1n) is 9.18. The van der Waals surface area contributed by atoms with E-state index in [0.29, 0.717) is 6.42 Å². The van der Waals surface area contributed by atoms with Crippen LogP contribution in [0.5, 0.6) is 0 Å². The van der Waals surface area contributed by atoms with E-state index in [1.807, 2.05) is 35.2 Å². The molecule has 0 aromatic heterocycles. The van der Waals surface area contributed by atoms with Gasteiger partial charge in [-0.3, -0.25) is 14.1 Å². The fraction of sp³-hybridized carbons (Fsp3) is 0.632. The van der Waals surface area contributed by atoms with Crippen LogP contribution in [0.15, 0.2) is 30.3 Å². The second-order valence-electron chi connectivity index (χ2n) is 6.76. The predicted octanol–water partition coefficient (Wildman–Crippen LogP) is 2.55. The van der Waals surface area contributed by atoms with Crippen molar-refractivity contribution in [3.63, 3.8) is 0 Å². The van der Waals surface area contributed by atoms with Gasteiger partial charge >= 0.3 is 0 Å². The molecule has 5 heteroatoms. The van der Waals surface area contributed by atoms with Crippen LogP contribution in [0.4, 0.5) is 10.1 Å². The Morgan fingerprint density at radius 2 is 1.71 bits per heavy atom. The van der Waals surface area contributed by atoms with Crippen molar-refractivity contribution < 1.29 is 9.18 Å². The summed E-state index contributed by atoms with van der Waals surface area (Å²) >= 11 is 0. The number of carbonyl (C=O) groups is 1. The quantitative estimate of drug-likeness (QED) is 0.718. The normalized spacial score (nSPS) is 23.1. The van der Waals surface area contributed by atoms with Crippen molar-refractivity contribution in [2.45, 2.75) is 31.7 Å². The number of halogens is 1. The van der Waals surface area contributed by atoms with Crippen LogP contribution in [-0.4, -0.2) is 67.7 Å². The highest BCUT2D eigenvalue weighted by atomic mass is 19.1. The molecule has 0 saturated carbocycles. The molecule has 1 aromatic rings. The lowest BCUT2D eigenvalue weighted by Crippen LogP contribution is -2.52. The van der Waals surface area contributed by atoms with Gasteiger partial charge in [-0.05, 0) is 44.4 Å². The Kier molecular flexibility index (Phi) is 6.21.